The SMILES string of the molecule is Cc1ccc(OC2CCCC2O)c(C)c1. The van der Waals surface area contributed by atoms with Gasteiger partial charge in [0.15, 0.2) is 0 Å². The molecule has 15 heavy (non-hydrogen) atoms. The summed E-state index contributed by atoms with van der Waals surface area (Å²) in [6.07, 6.45) is 2.61. The van der Waals surface area contributed by atoms with Gasteiger partial charge in [0.2, 0.25) is 0 Å². The summed E-state index contributed by atoms with van der Waals surface area (Å²) in [7, 11) is 0. The van der Waals surface area contributed by atoms with Gasteiger partial charge in [-0.1, -0.05) is 17.7 Å². The maximum absolute atomic E-state index is 9.67. The number of benzene rings is 1. The van der Waals surface area contributed by atoms with Crippen molar-refractivity contribution in [3.05, 3.63) is 29.3 Å². The van der Waals surface area contributed by atoms with Crippen LogP contribution in [0.1, 0.15) is 30.4 Å². The van der Waals surface area contributed by atoms with Gasteiger partial charge in [0.05, 0.1) is 6.10 Å². The summed E-state index contributed by atoms with van der Waals surface area (Å²) in [5, 5.41) is 9.67. The predicted octanol–water partition coefficient (Wildman–Crippen LogP) is 2.60. The monoisotopic (exact) mass is 206 g/mol. The molecule has 1 aromatic carbocycles. The Morgan fingerprint density at radius 2 is 2.07 bits per heavy atom. The molecule has 2 unspecified atom stereocenters. The number of hydrogen-bond donors (Lipinski definition) is 1. The van der Waals surface area contributed by atoms with E-state index in [0.717, 1.165) is 30.6 Å². The first-order chi connectivity index (χ1) is 7.16. The van der Waals surface area contributed by atoms with Gasteiger partial charge in [-0.25, -0.2) is 0 Å². The van der Waals surface area contributed by atoms with Crippen LogP contribution in [0.25, 0.3) is 0 Å². The number of aryl methyl sites for hydroxylation is 2. The summed E-state index contributed by atoms with van der Waals surface area (Å²) >= 11 is 0. The molecule has 2 heteroatoms. The van der Waals surface area contributed by atoms with E-state index in [0.29, 0.717) is 0 Å². The zero-order valence-corrected chi connectivity index (χ0v) is 9.36. The van der Waals surface area contributed by atoms with Gasteiger partial charge in [-0.3, -0.25) is 0 Å². The Balaban J connectivity index is 2.10. The van der Waals surface area contributed by atoms with Gasteiger partial charge in [-0.05, 0) is 44.7 Å². The standard InChI is InChI=1S/C13H18O2/c1-9-6-7-12(10(2)8-9)15-13-5-3-4-11(13)14/h6-8,11,13-14H,3-5H2,1-2H3. The average Bonchev–Trinajstić information content (AvgIpc) is 2.57. The van der Waals surface area contributed by atoms with Crippen molar-refractivity contribution in [2.75, 3.05) is 0 Å². The summed E-state index contributed by atoms with van der Waals surface area (Å²) in [5.41, 5.74) is 2.39. The Morgan fingerprint density at radius 1 is 1.27 bits per heavy atom. The minimum atomic E-state index is -0.286. The molecule has 2 rings (SSSR count). The van der Waals surface area contributed by atoms with E-state index in [1.165, 1.54) is 5.56 Å². The Labute approximate surface area is 90.9 Å². The second-order valence-electron chi connectivity index (χ2n) is 4.42. The number of aliphatic hydroxyl groups excluding tert-OH is 1. The highest BCUT2D eigenvalue weighted by Gasteiger charge is 2.27. The maximum Gasteiger partial charge on any atom is 0.124 e. The lowest BCUT2D eigenvalue weighted by atomic mass is 10.1. The maximum atomic E-state index is 9.67. The van der Waals surface area contributed by atoms with Gasteiger partial charge in [-0.2, -0.15) is 0 Å². The third kappa shape index (κ3) is 2.32. The zero-order chi connectivity index (χ0) is 10.8. The molecule has 0 aliphatic heterocycles. The molecule has 1 aliphatic carbocycles. The first-order valence-corrected chi connectivity index (χ1v) is 5.59. The molecule has 2 nitrogen and oxygen atoms in total. The molecule has 1 aromatic rings. The number of rotatable bonds is 2. The Kier molecular flexibility index (Phi) is 2.96. The molecule has 0 radical (unpaired) electrons. The van der Waals surface area contributed by atoms with Crippen molar-refractivity contribution in [2.45, 2.75) is 45.3 Å². The number of aliphatic hydroxyl groups is 1. The topological polar surface area (TPSA) is 29.5 Å². The quantitative estimate of drug-likeness (QED) is 0.806. The third-order valence-electron chi connectivity index (χ3n) is 3.03. The highest BCUT2D eigenvalue weighted by atomic mass is 16.5. The molecule has 1 saturated carbocycles. The Morgan fingerprint density at radius 3 is 2.67 bits per heavy atom. The molecule has 0 amide bonds. The van der Waals surface area contributed by atoms with Crippen molar-refractivity contribution in [3.8, 4) is 5.75 Å². The highest BCUT2D eigenvalue weighted by Crippen LogP contribution is 2.27. The normalized spacial score (nSPS) is 25.5. The second-order valence-corrected chi connectivity index (χ2v) is 4.42. The van der Waals surface area contributed by atoms with Crippen molar-refractivity contribution in [1.29, 1.82) is 0 Å². The van der Waals surface area contributed by atoms with Crippen LogP contribution in [0.4, 0.5) is 0 Å². The van der Waals surface area contributed by atoms with Crippen LogP contribution >= 0.6 is 0 Å². The van der Waals surface area contributed by atoms with Crippen molar-refractivity contribution in [2.24, 2.45) is 0 Å². The van der Waals surface area contributed by atoms with Crippen LogP contribution in [0.15, 0.2) is 18.2 Å². The summed E-state index contributed by atoms with van der Waals surface area (Å²) in [5.74, 6) is 0.909. The number of hydrogen-bond acceptors (Lipinski definition) is 2. The minimum Gasteiger partial charge on any atom is -0.487 e. The first kappa shape index (κ1) is 10.5. The van der Waals surface area contributed by atoms with E-state index in [2.05, 4.69) is 13.0 Å². The van der Waals surface area contributed by atoms with Gasteiger partial charge in [0.1, 0.15) is 11.9 Å². The molecular weight excluding hydrogens is 188 g/mol. The average molecular weight is 206 g/mol. The van der Waals surface area contributed by atoms with Crippen molar-refractivity contribution < 1.29 is 9.84 Å². The van der Waals surface area contributed by atoms with Crippen molar-refractivity contribution >= 4 is 0 Å². The van der Waals surface area contributed by atoms with Crippen LogP contribution in [0.2, 0.25) is 0 Å². The fourth-order valence-corrected chi connectivity index (χ4v) is 2.14. The van der Waals surface area contributed by atoms with E-state index < -0.39 is 0 Å². The Bertz CT molecular complexity index is 346. The lowest BCUT2D eigenvalue weighted by Crippen LogP contribution is -2.25. The van der Waals surface area contributed by atoms with Crippen LogP contribution in [-0.4, -0.2) is 17.3 Å². The highest BCUT2D eigenvalue weighted by molar-refractivity contribution is 5.35. The second kappa shape index (κ2) is 4.23. The molecule has 0 aromatic heterocycles. The van der Waals surface area contributed by atoms with E-state index in [9.17, 15) is 5.11 Å². The molecule has 2 atom stereocenters. The number of ether oxygens (including phenoxy) is 1. The van der Waals surface area contributed by atoms with Crippen LogP contribution in [0, 0.1) is 13.8 Å². The lowest BCUT2D eigenvalue weighted by molar-refractivity contribution is 0.0600. The van der Waals surface area contributed by atoms with Crippen LogP contribution in [0.5, 0.6) is 5.75 Å². The van der Waals surface area contributed by atoms with E-state index in [4.69, 9.17) is 4.74 Å². The largest absolute Gasteiger partial charge is 0.487 e. The summed E-state index contributed by atoms with van der Waals surface area (Å²) < 4.78 is 5.82. The molecule has 0 saturated heterocycles. The first-order valence-electron chi connectivity index (χ1n) is 5.59. The van der Waals surface area contributed by atoms with E-state index in [-0.39, 0.29) is 12.2 Å². The fraction of sp³-hybridized carbons (Fsp3) is 0.538. The van der Waals surface area contributed by atoms with Gasteiger partial charge in [0, 0.05) is 0 Å². The molecule has 1 aliphatic rings. The summed E-state index contributed by atoms with van der Waals surface area (Å²) in [6, 6.07) is 6.15. The minimum absolute atomic E-state index is 0.00796. The molecule has 0 bridgehead atoms. The fourth-order valence-electron chi connectivity index (χ4n) is 2.14. The third-order valence-corrected chi connectivity index (χ3v) is 3.03. The molecule has 82 valence electrons. The summed E-state index contributed by atoms with van der Waals surface area (Å²) in [4.78, 5) is 0. The van der Waals surface area contributed by atoms with Gasteiger partial charge >= 0.3 is 0 Å². The van der Waals surface area contributed by atoms with Gasteiger partial charge in [-0.15, -0.1) is 0 Å². The molecule has 1 N–H and O–H groups in total. The lowest BCUT2D eigenvalue weighted by Gasteiger charge is -2.18. The van der Waals surface area contributed by atoms with Gasteiger partial charge < -0.3 is 9.84 Å². The van der Waals surface area contributed by atoms with Crippen molar-refractivity contribution in [1.82, 2.24) is 0 Å². The molecule has 0 spiro atoms. The van der Waals surface area contributed by atoms with E-state index >= 15 is 0 Å². The molecule has 0 heterocycles. The predicted molar refractivity (Wildman–Crippen MR) is 60.2 cm³/mol. The smallest absolute Gasteiger partial charge is 0.124 e. The molecule has 1 fully saturated rings. The zero-order valence-electron chi connectivity index (χ0n) is 9.36. The Hall–Kier alpha value is -1.02. The summed E-state index contributed by atoms with van der Waals surface area (Å²) in [6.45, 7) is 4.12. The van der Waals surface area contributed by atoms with Crippen LogP contribution in [-0.2, 0) is 0 Å². The van der Waals surface area contributed by atoms with Crippen molar-refractivity contribution in [3.63, 3.8) is 0 Å². The van der Waals surface area contributed by atoms with E-state index in [1.54, 1.807) is 0 Å². The van der Waals surface area contributed by atoms with Gasteiger partial charge in [0.25, 0.3) is 0 Å². The van der Waals surface area contributed by atoms with Crippen LogP contribution < -0.4 is 4.74 Å². The molecular formula is C13H18O2. The van der Waals surface area contributed by atoms with E-state index in [1.807, 2.05) is 19.1 Å². The van der Waals surface area contributed by atoms with Crippen LogP contribution in [0.3, 0.4) is 0 Å².